The van der Waals surface area contributed by atoms with Gasteiger partial charge in [0.1, 0.15) is 11.3 Å². The van der Waals surface area contributed by atoms with Crippen LogP contribution in [-0.4, -0.2) is 19.7 Å². The van der Waals surface area contributed by atoms with Crippen LogP contribution in [0, 0.1) is 5.92 Å². The van der Waals surface area contributed by atoms with Gasteiger partial charge in [0, 0.05) is 6.54 Å². The molecule has 0 bridgehead atoms. The van der Waals surface area contributed by atoms with Crippen molar-refractivity contribution in [3.63, 3.8) is 0 Å². The lowest BCUT2D eigenvalue weighted by Crippen LogP contribution is -2.09. The van der Waals surface area contributed by atoms with Crippen LogP contribution in [0.25, 0.3) is 0 Å². The van der Waals surface area contributed by atoms with Crippen molar-refractivity contribution in [2.45, 2.75) is 19.4 Å². The molecule has 0 unspecified atom stereocenters. The first-order valence-corrected chi connectivity index (χ1v) is 5.78. The van der Waals surface area contributed by atoms with Crippen LogP contribution in [0.3, 0.4) is 0 Å². The topological polar surface area (TPSA) is 61.5 Å². The van der Waals surface area contributed by atoms with Crippen LogP contribution in [-0.2, 0) is 11.3 Å². The molecule has 0 aromatic heterocycles. The van der Waals surface area contributed by atoms with Crippen LogP contribution in [0.1, 0.15) is 28.8 Å². The van der Waals surface area contributed by atoms with Crippen molar-refractivity contribution in [1.82, 2.24) is 0 Å². The smallest absolute Gasteiger partial charge is 0.341 e. The minimum absolute atomic E-state index is 0.383. The van der Waals surface area contributed by atoms with Gasteiger partial charge in [-0.15, -0.1) is 0 Å². The summed E-state index contributed by atoms with van der Waals surface area (Å²) in [5, 5.41) is 0. The molecule has 0 atom stereocenters. The highest BCUT2D eigenvalue weighted by Crippen LogP contribution is 2.30. The molecule has 1 saturated carbocycles. The Morgan fingerprint density at radius 3 is 2.82 bits per heavy atom. The second-order valence-electron chi connectivity index (χ2n) is 4.28. The Morgan fingerprint density at radius 2 is 2.24 bits per heavy atom. The summed E-state index contributed by atoms with van der Waals surface area (Å²) in [7, 11) is 1.36. The van der Waals surface area contributed by atoms with Crippen molar-refractivity contribution in [2.24, 2.45) is 11.7 Å². The molecule has 0 saturated heterocycles. The summed E-state index contributed by atoms with van der Waals surface area (Å²) >= 11 is 0. The van der Waals surface area contributed by atoms with E-state index in [1.807, 2.05) is 6.07 Å². The molecule has 0 radical (unpaired) electrons. The van der Waals surface area contributed by atoms with E-state index in [9.17, 15) is 4.79 Å². The van der Waals surface area contributed by atoms with Crippen LogP contribution in [0.4, 0.5) is 0 Å². The molecule has 92 valence electrons. The van der Waals surface area contributed by atoms with Crippen LogP contribution < -0.4 is 10.5 Å². The van der Waals surface area contributed by atoms with Crippen molar-refractivity contribution >= 4 is 5.97 Å². The monoisotopic (exact) mass is 235 g/mol. The molecule has 1 aromatic rings. The average Bonchev–Trinajstić information content (AvgIpc) is 3.19. The minimum atomic E-state index is -0.383. The largest absolute Gasteiger partial charge is 0.492 e. The lowest BCUT2D eigenvalue weighted by atomic mass is 10.1. The number of ether oxygens (including phenoxy) is 2. The molecule has 1 aromatic carbocycles. The summed E-state index contributed by atoms with van der Waals surface area (Å²) in [5.74, 6) is 0.849. The lowest BCUT2D eigenvalue weighted by Gasteiger charge is -2.11. The zero-order valence-corrected chi connectivity index (χ0v) is 9.94. The van der Waals surface area contributed by atoms with Crippen LogP contribution >= 0.6 is 0 Å². The number of nitrogens with two attached hydrogens (primary N) is 1. The maximum Gasteiger partial charge on any atom is 0.341 e. The van der Waals surface area contributed by atoms with Crippen LogP contribution in [0.5, 0.6) is 5.75 Å². The molecular weight excluding hydrogens is 218 g/mol. The fourth-order valence-electron chi connectivity index (χ4n) is 1.59. The average molecular weight is 235 g/mol. The fraction of sp³-hybridized carbons (Fsp3) is 0.462. The van der Waals surface area contributed by atoms with E-state index in [-0.39, 0.29) is 5.97 Å². The normalized spacial score (nSPS) is 14.5. The standard InChI is InChI=1S/C13H17NO3/c1-16-13(15)11-6-10(7-14)4-5-12(11)17-8-9-2-3-9/h4-6,9H,2-3,7-8,14H2,1H3. The van der Waals surface area contributed by atoms with E-state index < -0.39 is 0 Å². The zero-order valence-electron chi connectivity index (χ0n) is 9.94. The molecule has 0 heterocycles. The number of carbonyl (C=O) groups excluding carboxylic acids is 1. The molecule has 17 heavy (non-hydrogen) atoms. The molecular formula is C13H17NO3. The van der Waals surface area contributed by atoms with E-state index in [1.165, 1.54) is 20.0 Å². The summed E-state index contributed by atoms with van der Waals surface area (Å²) < 4.78 is 10.4. The van der Waals surface area contributed by atoms with E-state index in [0.29, 0.717) is 30.4 Å². The Kier molecular flexibility index (Phi) is 3.64. The van der Waals surface area contributed by atoms with Crippen LogP contribution in [0.15, 0.2) is 18.2 Å². The van der Waals surface area contributed by atoms with E-state index in [4.69, 9.17) is 15.2 Å². The van der Waals surface area contributed by atoms with Crippen molar-refractivity contribution < 1.29 is 14.3 Å². The Labute approximate surface area is 101 Å². The molecule has 1 fully saturated rings. The Balaban J connectivity index is 2.18. The van der Waals surface area contributed by atoms with Crippen molar-refractivity contribution in [2.75, 3.05) is 13.7 Å². The lowest BCUT2D eigenvalue weighted by molar-refractivity contribution is 0.0595. The maximum atomic E-state index is 11.6. The van der Waals surface area contributed by atoms with E-state index in [1.54, 1.807) is 12.1 Å². The maximum absolute atomic E-state index is 11.6. The third-order valence-corrected chi connectivity index (χ3v) is 2.86. The van der Waals surface area contributed by atoms with Gasteiger partial charge >= 0.3 is 5.97 Å². The van der Waals surface area contributed by atoms with Crippen LogP contribution in [0.2, 0.25) is 0 Å². The third-order valence-electron chi connectivity index (χ3n) is 2.86. The minimum Gasteiger partial charge on any atom is -0.492 e. The van der Waals surface area contributed by atoms with Crippen molar-refractivity contribution in [3.05, 3.63) is 29.3 Å². The second-order valence-corrected chi connectivity index (χ2v) is 4.28. The van der Waals surface area contributed by atoms with Gasteiger partial charge in [0.15, 0.2) is 0 Å². The predicted octanol–water partition coefficient (Wildman–Crippen LogP) is 1.72. The first-order chi connectivity index (χ1) is 8.24. The summed E-state index contributed by atoms with van der Waals surface area (Å²) in [6.45, 7) is 1.07. The molecule has 2 N–H and O–H groups in total. The highest BCUT2D eigenvalue weighted by molar-refractivity contribution is 5.92. The number of hydrogen-bond acceptors (Lipinski definition) is 4. The molecule has 1 aliphatic carbocycles. The summed E-state index contributed by atoms with van der Waals surface area (Å²) in [6.07, 6.45) is 2.43. The van der Waals surface area contributed by atoms with Gasteiger partial charge in [0.05, 0.1) is 13.7 Å². The summed E-state index contributed by atoms with van der Waals surface area (Å²) in [5.41, 5.74) is 6.90. The number of hydrogen-bond donors (Lipinski definition) is 1. The Morgan fingerprint density at radius 1 is 1.47 bits per heavy atom. The molecule has 4 nitrogen and oxygen atoms in total. The van der Waals surface area contributed by atoms with E-state index >= 15 is 0 Å². The number of benzene rings is 1. The Hall–Kier alpha value is -1.55. The number of methoxy groups -OCH3 is 1. The van der Waals surface area contributed by atoms with Crippen molar-refractivity contribution in [1.29, 1.82) is 0 Å². The van der Waals surface area contributed by atoms with Gasteiger partial charge in [0.2, 0.25) is 0 Å². The van der Waals surface area contributed by atoms with Gasteiger partial charge in [0.25, 0.3) is 0 Å². The predicted molar refractivity (Wildman–Crippen MR) is 63.9 cm³/mol. The first kappa shape index (κ1) is 11.9. The SMILES string of the molecule is COC(=O)c1cc(CN)ccc1OCC1CC1. The number of esters is 1. The quantitative estimate of drug-likeness (QED) is 0.789. The molecule has 4 heteroatoms. The highest BCUT2D eigenvalue weighted by atomic mass is 16.5. The van der Waals surface area contributed by atoms with E-state index in [2.05, 4.69) is 0 Å². The second kappa shape index (κ2) is 5.19. The molecule has 0 amide bonds. The van der Waals surface area contributed by atoms with Gasteiger partial charge in [-0.1, -0.05) is 6.07 Å². The van der Waals surface area contributed by atoms with Crippen molar-refractivity contribution in [3.8, 4) is 5.75 Å². The fourth-order valence-corrected chi connectivity index (χ4v) is 1.59. The zero-order chi connectivity index (χ0) is 12.3. The molecule has 0 spiro atoms. The van der Waals surface area contributed by atoms with Gasteiger partial charge in [-0.2, -0.15) is 0 Å². The van der Waals surface area contributed by atoms with E-state index in [0.717, 1.165) is 5.56 Å². The molecule has 2 rings (SSSR count). The Bertz CT molecular complexity index is 413. The highest BCUT2D eigenvalue weighted by Gasteiger charge is 2.23. The van der Waals surface area contributed by atoms with Gasteiger partial charge < -0.3 is 15.2 Å². The van der Waals surface area contributed by atoms with Gasteiger partial charge in [-0.25, -0.2) is 4.79 Å². The van der Waals surface area contributed by atoms with Gasteiger partial charge in [-0.3, -0.25) is 0 Å². The third kappa shape index (κ3) is 2.97. The molecule has 0 aliphatic heterocycles. The summed E-state index contributed by atoms with van der Waals surface area (Å²) in [4.78, 5) is 11.6. The number of rotatable bonds is 5. The summed E-state index contributed by atoms with van der Waals surface area (Å²) in [6, 6.07) is 5.39. The molecule has 1 aliphatic rings. The number of carbonyl (C=O) groups is 1. The first-order valence-electron chi connectivity index (χ1n) is 5.78. The van der Waals surface area contributed by atoms with Gasteiger partial charge in [-0.05, 0) is 36.5 Å².